The molecule has 0 fully saturated rings. The van der Waals surface area contributed by atoms with E-state index in [2.05, 4.69) is 4.98 Å². The van der Waals surface area contributed by atoms with Gasteiger partial charge in [-0.25, -0.2) is 8.42 Å². The zero-order valence-electron chi connectivity index (χ0n) is 18.9. The first kappa shape index (κ1) is 22.5. The maximum absolute atomic E-state index is 14.0. The Labute approximate surface area is 201 Å². The summed E-state index contributed by atoms with van der Waals surface area (Å²) in [5.74, 6) is -0.540. The summed E-state index contributed by atoms with van der Waals surface area (Å²) in [7, 11) is -4.34. The Morgan fingerprint density at radius 3 is 2.31 bits per heavy atom. The Hall–Kier alpha value is -4.30. The number of Topliss-reactive ketones (excluding diaryl/α,β-unsaturated/α-hetero) is 1. The minimum atomic E-state index is -4.34. The molecule has 5 aromatic rings. The average Bonchev–Trinajstić information content (AvgIpc) is 3.19. The number of amides is 1. The Kier molecular flexibility index (Phi) is 5.45. The molecule has 2 aromatic heterocycles. The Morgan fingerprint density at radius 1 is 0.886 bits per heavy atom. The molecule has 0 aliphatic carbocycles. The summed E-state index contributed by atoms with van der Waals surface area (Å²) in [5.41, 5.74) is 1.02. The highest BCUT2D eigenvalue weighted by Crippen LogP contribution is 2.33. The van der Waals surface area contributed by atoms with Gasteiger partial charge in [0, 0.05) is 23.3 Å². The summed E-state index contributed by atoms with van der Waals surface area (Å²) in [4.78, 5) is 29.8. The number of hydrogen-bond donors (Lipinski definition) is 0. The molecule has 0 saturated carbocycles. The zero-order chi connectivity index (χ0) is 24.7. The SMILES string of the molecule is CC(=O)c1c(C)oc2ccc(N(C(=O)c3ccncc3)S(=O)(=O)c3ccc4ccccc4c3)cc12. The van der Waals surface area contributed by atoms with E-state index < -0.39 is 15.9 Å². The lowest BCUT2D eigenvalue weighted by Crippen LogP contribution is -2.37. The number of carbonyl (C=O) groups excluding carboxylic acids is 2. The number of aromatic nitrogens is 1. The van der Waals surface area contributed by atoms with Crippen molar-refractivity contribution in [3.63, 3.8) is 0 Å². The second-order valence-corrected chi connectivity index (χ2v) is 9.88. The number of rotatable bonds is 5. The molecule has 1 amide bonds. The van der Waals surface area contributed by atoms with Crippen LogP contribution >= 0.6 is 0 Å². The van der Waals surface area contributed by atoms with Crippen molar-refractivity contribution in [2.45, 2.75) is 18.7 Å². The summed E-state index contributed by atoms with van der Waals surface area (Å²) in [5, 5.41) is 2.04. The summed E-state index contributed by atoms with van der Waals surface area (Å²) in [6.07, 6.45) is 2.84. The number of carbonyl (C=O) groups is 2. The monoisotopic (exact) mass is 484 g/mol. The normalized spacial score (nSPS) is 11.6. The Bertz CT molecular complexity index is 1720. The molecule has 0 aliphatic rings. The first-order valence-corrected chi connectivity index (χ1v) is 12.2. The van der Waals surface area contributed by atoms with Gasteiger partial charge < -0.3 is 4.42 Å². The minimum Gasteiger partial charge on any atom is -0.461 e. The van der Waals surface area contributed by atoms with Gasteiger partial charge in [-0.2, -0.15) is 4.31 Å². The number of anilines is 1. The fourth-order valence-corrected chi connectivity index (χ4v) is 5.62. The molecule has 7 nitrogen and oxygen atoms in total. The fraction of sp³-hybridized carbons (Fsp3) is 0.0741. The van der Waals surface area contributed by atoms with Crippen LogP contribution in [0.15, 0.2) is 94.5 Å². The van der Waals surface area contributed by atoms with Gasteiger partial charge in [-0.05, 0) is 67.1 Å². The molecule has 0 radical (unpaired) electrons. The number of nitrogens with zero attached hydrogens (tertiary/aromatic N) is 2. The van der Waals surface area contributed by atoms with Crippen molar-refractivity contribution >= 4 is 49.1 Å². The highest BCUT2D eigenvalue weighted by Gasteiger charge is 2.33. The molecular weight excluding hydrogens is 464 g/mol. The highest BCUT2D eigenvalue weighted by atomic mass is 32.2. The smallest absolute Gasteiger partial charge is 0.272 e. The fourth-order valence-electron chi connectivity index (χ4n) is 4.18. The third-order valence-electron chi connectivity index (χ3n) is 5.81. The van der Waals surface area contributed by atoms with Crippen molar-refractivity contribution in [3.8, 4) is 0 Å². The number of sulfonamides is 1. The predicted molar refractivity (Wildman–Crippen MR) is 133 cm³/mol. The van der Waals surface area contributed by atoms with Gasteiger partial charge in [0.15, 0.2) is 5.78 Å². The van der Waals surface area contributed by atoms with Crippen LogP contribution in [0.4, 0.5) is 5.69 Å². The van der Waals surface area contributed by atoms with E-state index in [-0.39, 0.29) is 21.9 Å². The first-order valence-electron chi connectivity index (χ1n) is 10.8. The average molecular weight is 485 g/mol. The van der Waals surface area contributed by atoms with Gasteiger partial charge in [0.1, 0.15) is 11.3 Å². The van der Waals surface area contributed by atoms with Crippen LogP contribution in [0.25, 0.3) is 21.7 Å². The molecule has 0 unspecified atom stereocenters. The second-order valence-electron chi connectivity index (χ2n) is 8.09. The number of pyridine rings is 1. The summed E-state index contributed by atoms with van der Waals surface area (Å²) in [6, 6.07) is 19.5. The van der Waals surface area contributed by atoms with Gasteiger partial charge in [0.05, 0.1) is 16.1 Å². The number of aryl methyl sites for hydroxylation is 1. The van der Waals surface area contributed by atoms with Crippen molar-refractivity contribution in [2.75, 3.05) is 4.31 Å². The molecule has 0 bridgehead atoms. The number of benzene rings is 3. The lowest BCUT2D eigenvalue weighted by molar-refractivity contribution is 0.1000. The molecule has 3 aromatic carbocycles. The lowest BCUT2D eigenvalue weighted by atomic mass is 10.1. The quantitative estimate of drug-likeness (QED) is 0.304. The molecule has 2 heterocycles. The van der Waals surface area contributed by atoms with Crippen molar-refractivity contribution in [1.82, 2.24) is 4.98 Å². The molecule has 0 saturated heterocycles. The molecule has 0 N–H and O–H groups in total. The Morgan fingerprint density at radius 2 is 1.60 bits per heavy atom. The third kappa shape index (κ3) is 3.87. The van der Waals surface area contributed by atoms with Crippen LogP contribution in [-0.4, -0.2) is 25.1 Å². The number of hydrogen-bond acceptors (Lipinski definition) is 6. The summed E-state index contributed by atoms with van der Waals surface area (Å²) < 4.78 is 34.3. The van der Waals surface area contributed by atoms with E-state index in [1.54, 1.807) is 25.1 Å². The van der Waals surface area contributed by atoms with Crippen LogP contribution in [0.3, 0.4) is 0 Å². The molecule has 174 valence electrons. The van der Waals surface area contributed by atoms with Gasteiger partial charge in [-0.15, -0.1) is 0 Å². The van der Waals surface area contributed by atoms with Crippen LogP contribution in [0, 0.1) is 6.92 Å². The lowest BCUT2D eigenvalue weighted by Gasteiger charge is -2.23. The van der Waals surface area contributed by atoms with Gasteiger partial charge >= 0.3 is 0 Å². The van der Waals surface area contributed by atoms with E-state index in [0.717, 1.165) is 15.1 Å². The molecule has 0 aliphatic heterocycles. The van der Waals surface area contributed by atoms with E-state index in [1.165, 1.54) is 49.6 Å². The van der Waals surface area contributed by atoms with Crippen LogP contribution in [0.5, 0.6) is 0 Å². The van der Waals surface area contributed by atoms with Crippen molar-refractivity contribution < 1.29 is 22.4 Å². The van der Waals surface area contributed by atoms with E-state index in [0.29, 0.717) is 22.3 Å². The van der Waals surface area contributed by atoms with E-state index in [1.807, 2.05) is 24.3 Å². The largest absolute Gasteiger partial charge is 0.461 e. The minimum absolute atomic E-state index is 0.0335. The van der Waals surface area contributed by atoms with Crippen LogP contribution in [0.1, 0.15) is 33.4 Å². The maximum Gasteiger partial charge on any atom is 0.272 e. The van der Waals surface area contributed by atoms with Crippen LogP contribution in [-0.2, 0) is 10.0 Å². The molecule has 5 rings (SSSR count). The van der Waals surface area contributed by atoms with Gasteiger partial charge in [-0.3, -0.25) is 14.6 Å². The van der Waals surface area contributed by atoms with Crippen LogP contribution < -0.4 is 4.31 Å². The number of furan rings is 1. The first-order chi connectivity index (χ1) is 16.8. The van der Waals surface area contributed by atoms with Gasteiger partial charge in [0.25, 0.3) is 15.9 Å². The molecule has 0 atom stereocenters. The number of fused-ring (bicyclic) bond motifs is 2. The van der Waals surface area contributed by atoms with Gasteiger partial charge in [0.2, 0.25) is 0 Å². The Balaban J connectivity index is 1.74. The molecule has 35 heavy (non-hydrogen) atoms. The molecule has 0 spiro atoms. The third-order valence-corrected chi connectivity index (χ3v) is 7.51. The van der Waals surface area contributed by atoms with Crippen molar-refractivity contribution in [1.29, 1.82) is 0 Å². The molecule has 8 heteroatoms. The van der Waals surface area contributed by atoms with E-state index in [9.17, 15) is 18.0 Å². The topological polar surface area (TPSA) is 97.6 Å². The van der Waals surface area contributed by atoms with Gasteiger partial charge in [-0.1, -0.05) is 30.3 Å². The summed E-state index contributed by atoms with van der Waals surface area (Å²) >= 11 is 0. The van der Waals surface area contributed by atoms with E-state index >= 15 is 0 Å². The maximum atomic E-state index is 14.0. The van der Waals surface area contributed by atoms with Crippen LogP contribution in [0.2, 0.25) is 0 Å². The highest BCUT2D eigenvalue weighted by molar-refractivity contribution is 7.93. The predicted octanol–water partition coefficient (Wildman–Crippen LogP) is 5.53. The zero-order valence-corrected chi connectivity index (χ0v) is 19.7. The van der Waals surface area contributed by atoms with Crippen molar-refractivity contribution in [2.24, 2.45) is 0 Å². The molecular formula is C27H20N2O5S. The van der Waals surface area contributed by atoms with Crippen molar-refractivity contribution in [3.05, 3.63) is 102 Å². The summed E-state index contributed by atoms with van der Waals surface area (Å²) in [6.45, 7) is 3.08. The second kappa shape index (κ2) is 8.48. The standard InChI is InChI=1S/C27H20N2O5S/c1-17(30)26-18(2)34-25-10-8-22(16-24(25)26)29(27(31)20-11-13-28-14-12-20)35(32,33)23-9-7-19-5-3-4-6-21(19)15-23/h3-16H,1-2H3. The van der Waals surface area contributed by atoms with E-state index in [4.69, 9.17) is 4.42 Å². The number of ketones is 1.